The van der Waals surface area contributed by atoms with Crippen molar-refractivity contribution in [1.29, 1.82) is 0 Å². The van der Waals surface area contributed by atoms with E-state index in [1.54, 1.807) is 0 Å². The van der Waals surface area contributed by atoms with Crippen LogP contribution in [0.15, 0.2) is 22.2 Å². The van der Waals surface area contributed by atoms with Gasteiger partial charge >= 0.3 is 0 Å². The van der Waals surface area contributed by atoms with Gasteiger partial charge in [-0.25, -0.2) is 0 Å². The first-order valence-electron chi connectivity index (χ1n) is 2.57. The quantitative estimate of drug-likeness (QED) is 0.506. The molecule has 1 rings (SSSR count). The third-order valence-electron chi connectivity index (χ3n) is 1.11. The van der Waals surface area contributed by atoms with E-state index in [0.717, 1.165) is 6.42 Å². The molecule has 0 unspecified atom stereocenters. The summed E-state index contributed by atoms with van der Waals surface area (Å²) in [5, 5.41) is 0.954. The fraction of sp³-hybridized carbons (Fsp3) is 0.333. The molecule has 0 nitrogen and oxygen atoms in total. The third-order valence-corrected chi connectivity index (χ3v) is 2.55. The molecule has 0 aromatic heterocycles. The Bertz CT molecular complexity index is 151. The summed E-state index contributed by atoms with van der Waals surface area (Å²) in [6.07, 6.45) is 4.50. The van der Waals surface area contributed by atoms with Crippen molar-refractivity contribution in [2.75, 3.05) is 0 Å². The molecule has 0 amide bonds. The van der Waals surface area contributed by atoms with Crippen LogP contribution in [0, 0.1) is 0 Å². The molecule has 3 heteroatoms. The van der Waals surface area contributed by atoms with Crippen LogP contribution in [0.5, 0.6) is 0 Å². The van der Waals surface area contributed by atoms with E-state index in [1.165, 1.54) is 0 Å². The first-order valence-corrected chi connectivity index (χ1v) is 3.76. The summed E-state index contributed by atoms with van der Waals surface area (Å²) in [4.78, 5) is 0. The van der Waals surface area contributed by atoms with E-state index >= 15 is 0 Å². The van der Waals surface area contributed by atoms with Gasteiger partial charge in [0.25, 0.3) is 0 Å². The zero-order valence-corrected chi connectivity index (χ0v) is 6.84. The molecule has 50 valence electrons. The van der Waals surface area contributed by atoms with Gasteiger partial charge < -0.3 is 0 Å². The molecular weight excluding hydrogens is 178 g/mol. The van der Waals surface area contributed by atoms with Crippen molar-refractivity contribution in [2.45, 2.75) is 11.8 Å². The molecule has 0 atom stereocenters. The van der Waals surface area contributed by atoms with Crippen molar-refractivity contribution in [3.63, 3.8) is 0 Å². The number of allylic oxidation sites excluding steroid dienone is 4. The maximum atomic E-state index is 5.72. The minimum absolute atomic E-state index is 0.304. The second kappa shape index (κ2) is 2.96. The van der Waals surface area contributed by atoms with Crippen LogP contribution < -0.4 is 0 Å². The number of alkyl halides is 1. The van der Waals surface area contributed by atoms with Gasteiger partial charge in [0, 0.05) is 10.1 Å². The zero-order valence-electron chi connectivity index (χ0n) is 4.57. The molecule has 0 spiro atoms. The Kier molecular flexibility index (Phi) is 2.45. The molecule has 1 aliphatic carbocycles. The summed E-state index contributed by atoms with van der Waals surface area (Å²) >= 11 is 17.0. The lowest BCUT2D eigenvalue weighted by molar-refractivity contribution is 1.18. The lowest BCUT2D eigenvalue weighted by atomic mass is 10.2. The minimum atomic E-state index is -0.304. The summed E-state index contributed by atoms with van der Waals surface area (Å²) in [6.45, 7) is 0. The molecule has 0 fully saturated rings. The van der Waals surface area contributed by atoms with Gasteiger partial charge in [0.2, 0.25) is 0 Å². The summed E-state index contributed by atoms with van der Waals surface area (Å²) in [7, 11) is 0. The summed E-state index contributed by atoms with van der Waals surface area (Å²) in [5.74, 6) is 0. The fourth-order valence-corrected chi connectivity index (χ4v) is 1.27. The number of halogens is 3. The molecule has 0 heterocycles. The Hall–Kier alpha value is 0.350. The van der Waals surface area contributed by atoms with E-state index in [9.17, 15) is 0 Å². The fourth-order valence-electron chi connectivity index (χ4n) is 0.623. The van der Waals surface area contributed by atoms with E-state index in [4.69, 9.17) is 34.8 Å². The molecule has 0 saturated heterocycles. The molecule has 0 aromatic rings. The lowest BCUT2D eigenvalue weighted by Crippen LogP contribution is -2.01. The van der Waals surface area contributed by atoms with Crippen LogP contribution in [-0.4, -0.2) is 5.38 Å². The van der Waals surface area contributed by atoms with Gasteiger partial charge in [-0.3, -0.25) is 0 Å². The first-order chi connectivity index (χ1) is 4.22. The topological polar surface area (TPSA) is 0 Å². The molecular formula is C6H5Cl3. The summed E-state index contributed by atoms with van der Waals surface area (Å²) < 4.78 is 0. The molecule has 1 aliphatic rings. The average Bonchev–Trinajstić information content (AvgIpc) is 1.83. The summed E-state index contributed by atoms with van der Waals surface area (Å²) in [5.41, 5.74) is 0. The van der Waals surface area contributed by atoms with Crippen LogP contribution in [0.25, 0.3) is 0 Å². The van der Waals surface area contributed by atoms with Gasteiger partial charge in [0.15, 0.2) is 0 Å². The Labute approximate surface area is 69.1 Å². The molecule has 0 saturated carbocycles. The van der Waals surface area contributed by atoms with E-state index in [2.05, 4.69) is 0 Å². The van der Waals surface area contributed by atoms with Crippen LogP contribution in [0.4, 0.5) is 0 Å². The lowest BCUT2D eigenvalue weighted by Gasteiger charge is -2.10. The highest BCUT2D eigenvalue weighted by Gasteiger charge is 2.14. The third kappa shape index (κ3) is 1.64. The van der Waals surface area contributed by atoms with E-state index in [1.807, 2.05) is 12.2 Å². The molecule has 0 aliphatic heterocycles. The van der Waals surface area contributed by atoms with Gasteiger partial charge in [-0.2, -0.15) is 0 Å². The van der Waals surface area contributed by atoms with Crippen molar-refractivity contribution >= 4 is 34.8 Å². The maximum absolute atomic E-state index is 5.72. The maximum Gasteiger partial charge on any atom is 0.104 e. The number of hydrogen-bond donors (Lipinski definition) is 0. The van der Waals surface area contributed by atoms with Crippen molar-refractivity contribution in [3.8, 4) is 0 Å². The van der Waals surface area contributed by atoms with Crippen LogP contribution >= 0.6 is 34.8 Å². The SMILES string of the molecule is ClC1=CCC=C(Cl)C1Cl. The van der Waals surface area contributed by atoms with Gasteiger partial charge in [-0.15, -0.1) is 11.6 Å². The smallest absolute Gasteiger partial charge is 0.104 e. The zero-order chi connectivity index (χ0) is 6.85. The molecule has 0 N–H and O–H groups in total. The molecule has 9 heavy (non-hydrogen) atoms. The molecule has 0 aromatic carbocycles. The van der Waals surface area contributed by atoms with E-state index in [-0.39, 0.29) is 5.38 Å². The van der Waals surface area contributed by atoms with Gasteiger partial charge in [-0.1, -0.05) is 35.4 Å². The molecule has 0 bridgehead atoms. The highest BCUT2D eigenvalue weighted by Crippen LogP contribution is 2.29. The van der Waals surface area contributed by atoms with Crippen molar-refractivity contribution in [2.24, 2.45) is 0 Å². The number of rotatable bonds is 0. The van der Waals surface area contributed by atoms with Crippen molar-refractivity contribution in [1.82, 2.24) is 0 Å². The van der Waals surface area contributed by atoms with Crippen LogP contribution in [0.3, 0.4) is 0 Å². The van der Waals surface area contributed by atoms with Crippen LogP contribution in [-0.2, 0) is 0 Å². The van der Waals surface area contributed by atoms with Crippen molar-refractivity contribution in [3.05, 3.63) is 22.2 Å². The first kappa shape index (κ1) is 7.46. The Balaban J connectivity index is 2.74. The minimum Gasteiger partial charge on any atom is -0.111 e. The predicted octanol–water partition coefficient (Wildman–Crippen LogP) is 3.24. The summed E-state index contributed by atoms with van der Waals surface area (Å²) in [6, 6.07) is 0. The Morgan fingerprint density at radius 3 is 2.00 bits per heavy atom. The van der Waals surface area contributed by atoms with Crippen LogP contribution in [0.2, 0.25) is 0 Å². The van der Waals surface area contributed by atoms with Gasteiger partial charge in [0.05, 0.1) is 0 Å². The highest BCUT2D eigenvalue weighted by molar-refractivity contribution is 6.44. The van der Waals surface area contributed by atoms with E-state index < -0.39 is 0 Å². The highest BCUT2D eigenvalue weighted by atomic mass is 35.5. The van der Waals surface area contributed by atoms with Crippen molar-refractivity contribution < 1.29 is 0 Å². The Morgan fingerprint density at radius 1 is 1.22 bits per heavy atom. The monoisotopic (exact) mass is 182 g/mol. The second-order valence-electron chi connectivity index (χ2n) is 1.78. The average molecular weight is 183 g/mol. The normalized spacial score (nSPS) is 21.2. The van der Waals surface area contributed by atoms with Gasteiger partial charge in [-0.05, 0) is 6.42 Å². The number of hydrogen-bond acceptors (Lipinski definition) is 0. The Morgan fingerprint density at radius 2 is 1.67 bits per heavy atom. The molecule has 0 radical (unpaired) electrons. The predicted molar refractivity (Wildman–Crippen MR) is 42.1 cm³/mol. The largest absolute Gasteiger partial charge is 0.111 e. The second-order valence-corrected chi connectivity index (χ2v) is 3.09. The van der Waals surface area contributed by atoms with E-state index in [0.29, 0.717) is 10.1 Å². The van der Waals surface area contributed by atoms with Crippen LogP contribution in [0.1, 0.15) is 6.42 Å². The van der Waals surface area contributed by atoms with Gasteiger partial charge in [0.1, 0.15) is 5.38 Å². The standard InChI is InChI=1S/C6H5Cl3/c7-4-2-1-3-5(8)6(4)9/h2-3,6H,1H2.